The second-order valence-corrected chi connectivity index (χ2v) is 9.65. The normalized spacial score (nSPS) is 17.9. The number of benzene rings is 2. The lowest BCUT2D eigenvalue weighted by atomic mass is 10.0. The molecule has 0 bridgehead atoms. The molecule has 0 aromatic heterocycles. The Morgan fingerprint density at radius 2 is 1.54 bits per heavy atom. The number of aryl methyl sites for hydroxylation is 1. The molecule has 35 heavy (non-hydrogen) atoms. The van der Waals surface area contributed by atoms with Crippen LogP contribution in [0.1, 0.15) is 106 Å². The first-order valence-electron chi connectivity index (χ1n) is 13.4. The summed E-state index contributed by atoms with van der Waals surface area (Å²) in [5.74, 6) is -0.300. The number of esters is 1. The van der Waals surface area contributed by atoms with Crippen LogP contribution in [0.4, 0.5) is 4.39 Å². The van der Waals surface area contributed by atoms with Crippen LogP contribution in [0.15, 0.2) is 42.5 Å². The number of rotatable bonds is 14. The van der Waals surface area contributed by atoms with Crippen molar-refractivity contribution >= 4 is 5.97 Å². The quantitative estimate of drug-likeness (QED) is 0.154. The Bertz CT molecular complexity index is 888. The Kier molecular flexibility index (Phi) is 11.7. The molecule has 0 radical (unpaired) electrons. The molecule has 5 heteroatoms. The molecule has 0 spiro atoms. The van der Waals surface area contributed by atoms with Crippen molar-refractivity contribution in [1.29, 1.82) is 0 Å². The number of halogens is 1. The predicted octanol–water partition coefficient (Wildman–Crippen LogP) is 8.19. The molecule has 1 aliphatic rings. The largest absolute Gasteiger partial charge is 0.423 e. The van der Waals surface area contributed by atoms with Crippen molar-refractivity contribution < 1.29 is 23.4 Å². The molecule has 2 aromatic carbocycles. The number of ether oxygens (including phenoxy) is 3. The van der Waals surface area contributed by atoms with Gasteiger partial charge >= 0.3 is 5.97 Å². The fraction of sp³-hybridized carbons (Fsp3) is 0.567. The van der Waals surface area contributed by atoms with Gasteiger partial charge in [0, 0.05) is 11.5 Å². The minimum atomic E-state index is -0.735. The summed E-state index contributed by atoms with van der Waals surface area (Å²) in [5, 5.41) is 0. The predicted molar refractivity (Wildman–Crippen MR) is 137 cm³/mol. The van der Waals surface area contributed by atoms with Gasteiger partial charge < -0.3 is 14.2 Å². The van der Waals surface area contributed by atoms with Crippen molar-refractivity contribution in [1.82, 2.24) is 0 Å². The second-order valence-electron chi connectivity index (χ2n) is 9.65. The Morgan fingerprint density at radius 3 is 2.23 bits per heavy atom. The van der Waals surface area contributed by atoms with Crippen LogP contribution in [0.5, 0.6) is 5.75 Å². The van der Waals surface area contributed by atoms with Gasteiger partial charge in [-0.2, -0.15) is 0 Å². The third-order valence-electron chi connectivity index (χ3n) is 6.63. The number of carbonyl (C=O) groups excluding carboxylic acids is 1. The van der Waals surface area contributed by atoms with Crippen LogP contribution in [-0.4, -0.2) is 19.2 Å². The highest BCUT2D eigenvalue weighted by molar-refractivity contribution is 5.91. The highest BCUT2D eigenvalue weighted by Gasteiger charge is 2.26. The van der Waals surface area contributed by atoms with Gasteiger partial charge in [-0.15, -0.1) is 0 Å². The maximum Gasteiger partial charge on any atom is 0.343 e. The second kappa shape index (κ2) is 15.0. The van der Waals surface area contributed by atoms with Gasteiger partial charge in [0.2, 0.25) is 0 Å². The van der Waals surface area contributed by atoms with E-state index in [9.17, 15) is 9.18 Å². The van der Waals surface area contributed by atoms with E-state index in [1.54, 1.807) is 24.3 Å². The lowest BCUT2D eigenvalue weighted by molar-refractivity contribution is -0.207. The van der Waals surface area contributed by atoms with Crippen LogP contribution in [0.3, 0.4) is 0 Å². The molecule has 0 amide bonds. The van der Waals surface area contributed by atoms with Gasteiger partial charge in [0.05, 0.1) is 18.8 Å². The third kappa shape index (κ3) is 9.05. The SMILES string of the molecule is CCCCCCCCC1COC(c2ccc(C(=O)Oc3ccc(CCCCC)cc3)cc2F)OC1. The van der Waals surface area contributed by atoms with Crippen molar-refractivity contribution in [2.75, 3.05) is 13.2 Å². The standard InChI is InChI=1S/C30H41FO4/c1-3-5-7-8-9-11-13-24-21-33-30(34-22-24)27-19-16-25(20-28(27)31)29(32)35-26-17-14-23(15-18-26)12-10-6-4-2/h14-20,24,30H,3-13,21-22H2,1-2H3. The first kappa shape index (κ1) is 27.3. The van der Waals surface area contributed by atoms with E-state index in [1.807, 2.05) is 12.1 Å². The van der Waals surface area contributed by atoms with Crippen LogP contribution in [0.2, 0.25) is 0 Å². The molecule has 1 saturated heterocycles. The highest BCUT2D eigenvalue weighted by atomic mass is 19.1. The van der Waals surface area contributed by atoms with E-state index >= 15 is 0 Å². The monoisotopic (exact) mass is 484 g/mol. The van der Waals surface area contributed by atoms with E-state index < -0.39 is 18.1 Å². The molecule has 3 rings (SSSR count). The fourth-order valence-electron chi connectivity index (χ4n) is 4.42. The summed E-state index contributed by atoms with van der Waals surface area (Å²) in [4.78, 5) is 12.5. The Morgan fingerprint density at radius 1 is 0.886 bits per heavy atom. The summed E-state index contributed by atoms with van der Waals surface area (Å²) in [7, 11) is 0. The summed E-state index contributed by atoms with van der Waals surface area (Å²) in [5.41, 5.74) is 1.70. The van der Waals surface area contributed by atoms with Crippen LogP contribution in [0.25, 0.3) is 0 Å². The van der Waals surface area contributed by atoms with Crippen molar-refractivity contribution in [2.45, 2.75) is 90.8 Å². The van der Waals surface area contributed by atoms with E-state index in [2.05, 4.69) is 13.8 Å². The summed E-state index contributed by atoms with van der Waals surface area (Å²) in [6, 6.07) is 11.8. The highest BCUT2D eigenvalue weighted by Crippen LogP contribution is 2.29. The molecule has 0 N–H and O–H groups in total. The van der Waals surface area contributed by atoms with E-state index in [-0.39, 0.29) is 5.56 Å². The molecular weight excluding hydrogens is 443 g/mol. The van der Waals surface area contributed by atoms with Gasteiger partial charge in [-0.3, -0.25) is 0 Å². The van der Waals surface area contributed by atoms with Gasteiger partial charge in [-0.1, -0.05) is 83.4 Å². The summed E-state index contributed by atoms with van der Waals surface area (Å²) in [6.45, 7) is 5.54. The number of hydrogen-bond donors (Lipinski definition) is 0. The van der Waals surface area contributed by atoms with E-state index in [4.69, 9.17) is 14.2 Å². The lowest BCUT2D eigenvalue weighted by Crippen LogP contribution is -2.27. The van der Waals surface area contributed by atoms with Crippen LogP contribution < -0.4 is 4.74 Å². The van der Waals surface area contributed by atoms with E-state index in [0.29, 0.717) is 30.4 Å². The summed E-state index contributed by atoms with van der Waals surface area (Å²) < 4.78 is 31.9. The molecule has 0 aliphatic carbocycles. The minimum absolute atomic E-state index is 0.162. The molecule has 0 unspecified atom stereocenters. The maximum absolute atomic E-state index is 14.8. The maximum atomic E-state index is 14.8. The third-order valence-corrected chi connectivity index (χ3v) is 6.63. The molecular formula is C30H41FO4. The molecule has 0 saturated carbocycles. The van der Waals surface area contributed by atoms with E-state index in [1.165, 1.54) is 63.0 Å². The zero-order valence-electron chi connectivity index (χ0n) is 21.4. The van der Waals surface area contributed by atoms with Gasteiger partial charge in [-0.05, 0) is 49.1 Å². The van der Waals surface area contributed by atoms with Crippen molar-refractivity contribution in [2.24, 2.45) is 5.92 Å². The Hall–Kier alpha value is -2.24. The molecule has 1 fully saturated rings. The Balaban J connectivity index is 1.45. The zero-order valence-corrected chi connectivity index (χ0v) is 21.4. The van der Waals surface area contributed by atoms with E-state index in [0.717, 1.165) is 19.3 Å². The van der Waals surface area contributed by atoms with Crippen molar-refractivity contribution in [3.63, 3.8) is 0 Å². The lowest BCUT2D eigenvalue weighted by Gasteiger charge is -2.30. The number of unbranched alkanes of at least 4 members (excludes halogenated alkanes) is 7. The van der Waals surface area contributed by atoms with Crippen LogP contribution in [0, 0.1) is 11.7 Å². The van der Waals surface area contributed by atoms with Crippen LogP contribution >= 0.6 is 0 Å². The molecule has 2 aromatic rings. The van der Waals surface area contributed by atoms with Gasteiger partial charge in [0.15, 0.2) is 6.29 Å². The molecule has 0 atom stereocenters. The Labute approximate surface area is 210 Å². The first-order chi connectivity index (χ1) is 17.1. The number of carbonyl (C=O) groups is 1. The van der Waals surface area contributed by atoms with Gasteiger partial charge in [0.1, 0.15) is 11.6 Å². The minimum Gasteiger partial charge on any atom is -0.423 e. The summed E-state index contributed by atoms with van der Waals surface area (Å²) >= 11 is 0. The average molecular weight is 485 g/mol. The summed E-state index contributed by atoms with van der Waals surface area (Å²) in [6.07, 6.45) is 12.5. The van der Waals surface area contributed by atoms with Gasteiger partial charge in [-0.25, -0.2) is 9.18 Å². The molecule has 1 heterocycles. The first-order valence-corrected chi connectivity index (χ1v) is 13.4. The van der Waals surface area contributed by atoms with Crippen molar-refractivity contribution in [3.05, 3.63) is 65.0 Å². The average Bonchev–Trinajstić information content (AvgIpc) is 2.88. The zero-order chi connectivity index (χ0) is 24.9. The molecule has 192 valence electrons. The van der Waals surface area contributed by atoms with Crippen molar-refractivity contribution in [3.8, 4) is 5.75 Å². The van der Waals surface area contributed by atoms with Crippen LogP contribution in [-0.2, 0) is 15.9 Å². The van der Waals surface area contributed by atoms with Gasteiger partial charge in [0.25, 0.3) is 0 Å². The molecule has 4 nitrogen and oxygen atoms in total. The fourth-order valence-corrected chi connectivity index (χ4v) is 4.42. The topological polar surface area (TPSA) is 44.8 Å². The smallest absolute Gasteiger partial charge is 0.343 e. The number of hydrogen-bond acceptors (Lipinski definition) is 4. The molecule has 1 aliphatic heterocycles.